The summed E-state index contributed by atoms with van der Waals surface area (Å²) in [5.74, 6) is -2.10. The number of carbonyl (C=O) groups excluding carboxylic acids is 6. The number of alkyl carbamates (subject to hydrolysis) is 2. The van der Waals surface area contributed by atoms with Crippen molar-refractivity contribution < 1.29 is 48.1 Å². The summed E-state index contributed by atoms with van der Waals surface area (Å²) in [7, 11) is 0. The van der Waals surface area contributed by atoms with E-state index in [0.29, 0.717) is 63.4 Å². The van der Waals surface area contributed by atoms with Crippen LogP contribution in [0.15, 0.2) is 140 Å². The molecule has 2 heterocycles. The van der Waals surface area contributed by atoms with Gasteiger partial charge in [0.05, 0.1) is 30.8 Å². The number of H-pyrrole nitrogens is 2. The van der Waals surface area contributed by atoms with Gasteiger partial charge >= 0.3 is 18.2 Å². The molecule has 6 aromatic rings. The lowest BCUT2D eigenvalue weighted by atomic mass is 9.98. The molecule has 0 aliphatic rings. The topological polar surface area (TPSA) is 340 Å². The first-order valence-corrected chi connectivity index (χ1v) is 27.4. The molecule has 2 aromatic heterocycles. The number of nitrogens with one attached hydrogen (secondary N) is 7. The number of aryl methyl sites for hydroxylation is 4. The number of amides is 4. The Bertz CT molecular complexity index is 2950. The molecule has 0 aliphatic heterocycles. The molecule has 0 radical (unpaired) electrons. The molecule has 0 saturated carbocycles. The van der Waals surface area contributed by atoms with Gasteiger partial charge in [0.25, 0.3) is 0 Å². The van der Waals surface area contributed by atoms with E-state index in [2.05, 4.69) is 41.2 Å². The van der Waals surface area contributed by atoms with Gasteiger partial charge in [-0.25, -0.2) is 24.4 Å². The number of hydrogen-bond acceptors (Lipinski definition) is 13. The third-order valence-electron chi connectivity index (χ3n) is 12.4. The number of nitrogens with two attached hydrogens (primary N) is 2. The minimum absolute atomic E-state index is 0.00330. The number of aromatic amines is 2. The van der Waals surface area contributed by atoms with E-state index < -0.39 is 65.5 Å². The Morgan fingerprint density at radius 1 is 0.554 bits per heavy atom. The molecule has 21 nitrogen and oxygen atoms in total. The fraction of sp³-hybridized carbons (Fsp3) is 0.387. The van der Waals surface area contributed by atoms with Crippen molar-refractivity contribution in [3.63, 3.8) is 0 Å². The molecule has 0 aliphatic carbocycles. The normalized spacial score (nSPS) is 12.8. The number of carbonyl (C=O) groups is 7. The Morgan fingerprint density at radius 2 is 0.964 bits per heavy atom. The van der Waals surface area contributed by atoms with E-state index in [0.717, 1.165) is 33.6 Å². The van der Waals surface area contributed by atoms with E-state index in [-0.39, 0.29) is 29.7 Å². The van der Waals surface area contributed by atoms with Gasteiger partial charge in [-0.2, -0.15) is 0 Å². The van der Waals surface area contributed by atoms with Crippen LogP contribution in [-0.4, -0.2) is 114 Å². The molecule has 83 heavy (non-hydrogen) atoms. The lowest BCUT2D eigenvalue weighted by Crippen LogP contribution is -2.52. The van der Waals surface area contributed by atoms with Gasteiger partial charge in [0, 0.05) is 48.6 Å². The summed E-state index contributed by atoms with van der Waals surface area (Å²) in [5, 5.41) is 27.2. The highest BCUT2D eigenvalue weighted by atomic mass is 16.6. The minimum Gasteiger partial charge on any atom is -0.480 e. The second-order valence-electron chi connectivity index (χ2n) is 21.8. The number of nitrogen functional groups attached to an aromatic ring is 1. The van der Waals surface area contributed by atoms with Crippen LogP contribution in [0.2, 0.25) is 0 Å². The second-order valence-corrected chi connectivity index (χ2v) is 21.8. The van der Waals surface area contributed by atoms with E-state index in [9.17, 15) is 33.6 Å². The van der Waals surface area contributed by atoms with Gasteiger partial charge in [-0.15, -0.1) is 0 Å². The summed E-state index contributed by atoms with van der Waals surface area (Å²) in [6, 6.07) is 32.4. The fourth-order valence-corrected chi connectivity index (χ4v) is 8.05. The van der Waals surface area contributed by atoms with Crippen LogP contribution in [-0.2, 0) is 72.0 Å². The van der Waals surface area contributed by atoms with Crippen LogP contribution in [0, 0.1) is 5.41 Å². The van der Waals surface area contributed by atoms with Crippen molar-refractivity contribution in [2.75, 3.05) is 0 Å². The maximum atomic E-state index is 13.0. The van der Waals surface area contributed by atoms with Gasteiger partial charge < -0.3 is 57.3 Å². The number of carboxylic acids is 1. The summed E-state index contributed by atoms with van der Waals surface area (Å²) < 4.78 is 10.4. The molecule has 0 spiro atoms. The number of Topliss-reactive ketones (excluding diaryl/α,β-unsaturated/α-hetero) is 2. The number of amidine groups is 1. The average molecular weight is 1140 g/mol. The van der Waals surface area contributed by atoms with E-state index >= 15 is 0 Å². The molecule has 4 amide bonds. The van der Waals surface area contributed by atoms with Crippen LogP contribution < -0.4 is 32.7 Å². The van der Waals surface area contributed by atoms with Crippen molar-refractivity contribution in [3.05, 3.63) is 180 Å². The molecule has 0 fully saturated rings. The zero-order valence-corrected chi connectivity index (χ0v) is 48.4. The maximum Gasteiger partial charge on any atom is 0.408 e. The third kappa shape index (κ3) is 26.9. The van der Waals surface area contributed by atoms with Gasteiger partial charge in [-0.1, -0.05) is 115 Å². The van der Waals surface area contributed by atoms with Crippen LogP contribution in [0.1, 0.15) is 113 Å². The maximum absolute atomic E-state index is 13.0. The molecular formula is C62H81N11O10. The number of ether oxygens (including phenoxy) is 2. The zero-order valence-electron chi connectivity index (χ0n) is 48.4. The molecule has 0 unspecified atom stereocenters. The van der Waals surface area contributed by atoms with Crippen molar-refractivity contribution in [2.24, 2.45) is 11.5 Å². The zero-order chi connectivity index (χ0) is 61.0. The fourth-order valence-electron chi connectivity index (χ4n) is 8.05. The highest BCUT2D eigenvalue weighted by molar-refractivity contribution is 5.95. The Kier molecular flexibility index (Phi) is 27.0. The smallest absolute Gasteiger partial charge is 0.408 e. The Morgan fingerprint density at radius 3 is 1.37 bits per heavy atom. The predicted octanol–water partition coefficient (Wildman–Crippen LogP) is 7.03. The highest BCUT2D eigenvalue weighted by Gasteiger charge is 2.29. The standard InChI is InChI=1S/C25H30N6O2.C22H30N4O4.C15H21NO4/c26-21(12-8-17-4-2-1-3-5-17)25(33)31-22(14-20-15-29-16-30-20)23(32)13-9-18-6-10-19(11-7-18)24(27)28;1-15(27)19(12-17-13-23-14-24-17)25-20(28)18(26-21(29)30-22(2,3)4)11-10-16-8-6-5-7-9-16;1-15(2,3)20-14(19)16-12(13(17)18)10-9-11-7-5-4-6-8-11/h1-7,10-11,15-16,21-22H,8-9,12-14,26H2,(H3,27,28)(H,29,30)(H,31,33);5-9,13-14,18-19H,10-12H2,1-4H3,(H,23,24)(H,25,28)(H,26,29);4-8,12H,9-10H2,1-3H3,(H,16,19)(H,17,18)/t21-,22+;18-,19+;12-/m111/s1. The monoisotopic (exact) mass is 1140 g/mol. The molecule has 5 atom stereocenters. The second kappa shape index (κ2) is 33.7. The van der Waals surface area contributed by atoms with Crippen molar-refractivity contribution in [3.8, 4) is 0 Å². The number of aliphatic carboxylic acids is 1. The minimum atomic E-state index is -1.06. The number of carboxylic acid groups (broad SMARTS) is 1. The SMILES string of the molecule is CC(=O)[C@H](Cc1cnc[nH]1)NC(=O)[C@@H](CCc1ccccc1)NC(=O)OC(C)(C)C.CC(C)(C)OC(=O)N[C@H](CCc1ccccc1)C(=O)O.N=C(N)c1ccc(CCC(=O)[C@H](Cc2cnc[nH]2)NC(=O)[C@H](N)CCc2ccccc2)cc1. The quantitative estimate of drug-likeness (QED) is 0.0193. The van der Waals surface area contributed by atoms with Gasteiger partial charge in [0.15, 0.2) is 11.6 Å². The molecule has 6 rings (SSSR count). The van der Waals surface area contributed by atoms with Crippen LogP contribution in [0.25, 0.3) is 0 Å². The Balaban J connectivity index is 0.000000276. The molecule has 0 bridgehead atoms. The lowest BCUT2D eigenvalue weighted by molar-refractivity contribution is -0.139. The van der Waals surface area contributed by atoms with Gasteiger partial charge in [-0.05, 0) is 116 Å². The van der Waals surface area contributed by atoms with Gasteiger partial charge in [-0.3, -0.25) is 24.6 Å². The number of benzene rings is 4. The molecule has 12 N–H and O–H groups in total. The van der Waals surface area contributed by atoms with E-state index in [1.54, 1.807) is 72.4 Å². The number of hydrogen-bond donors (Lipinski definition) is 10. The molecular weight excluding hydrogens is 1060 g/mol. The van der Waals surface area contributed by atoms with Crippen molar-refractivity contribution in [1.29, 1.82) is 5.41 Å². The van der Waals surface area contributed by atoms with Gasteiger partial charge in [0.2, 0.25) is 11.8 Å². The Labute approximate surface area is 485 Å². The van der Waals surface area contributed by atoms with E-state index in [1.165, 1.54) is 13.3 Å². The highest BCUT2D eigenvalue weighted by Crippen LogP contribution is 2.14. The van der Waals surface area contributed by atoms with Crippen molar-refractivity contribution in [1.82, 2.24) is 41.2 Å². The van der Waals surface area contributed by atoms with Crippen molar-refractivity contribution in [2.45, 2.75) is 154 Å². The van der Waals surface area contributed by atoms with Gasteiger partial charge in [0.1, 0.15) is 29.1 Å². The summed E-state index contributed by atoms with van der Waals surface area (Å²) in [5.41, 5.74) is 16.6. The average Bonchev–Trinajstić information content (AvgIpc) is 4.27. The third-order valence-corrected chi connectivity index (χ3v) is 12.4. The predicted molar refractivity (Wildman–Crippen MR) is 316 cm³/mol. The summed E-state index contributed by atoms with van der Waals surface area (Å²) >= 11 is 0. The van der Waals surface area contributed by atoms with Crippen LogP contribution in [0.3, 0.4) is 0 Å². The van der Waals surface area contributed by atoms with Crippen LogP contribution in [0.4, 0.5) is 9.59 Å². The van der Waals surface area contributed by atoms with Crippen LogP contribution in [0.5, 0.6) is 0 Å². The number of ketones is 2. The first-order chi connectivity index (χ1) is 39.3. The number of rotatable bonds is 26. The summed E-state index contributed by atoms with van der Waals surface area (Å²) in [6.07, 6.45) is 9.33. The Hall–Kier alpha value is -8.98. The van der Waals surface area contributed by atoms with Crippen LogP contribution >= 0.6 is 0 Å². The summed E-state index contributed by atoms with van der Waals surface area (Å²) in [4.78, 5) is 99.6. The van der Waals surface area contributed by atoms with E-state index in [4.69, 9.17) is 31.5 Å². The lowest BCUT2D eigenvalue weighted by Gasteiger charge is -2.25. The molecule has 4 aromatic carbocycles. The van der Waals surface area contributed by atoms with E-state index in [1.807, 2.05) is 103 Å². The van der Waals surface area contributed by atoms with Crippen molar-refractivity contribution >= 4 is 47.4 Å². The first-order valence-electron chi connectivity index (χ1n) is 27.4. The number of nitrogens with zero attached hydrogens (tertiary/aromatic N) is 2. The largest absolute Gasteiger partial charge is 0.480 e. The molecule has 444 valence electrons. The summed E-state index contributed by atoms with van der Waals surface area (Å²) in [6.45, 7) is 11.9. The number of aromatic nitrogens is 4. The molecule has 21 heteroatoms. The molecule has 0 saturated heterocycles. The first kappa shape index (κ1) is 66.5. The number of imidazole rings is 2.